The molecule has 11 heteroatoms. The fourth-order valence-corrected chi connectivity index (χ4v) is 6.38. The van der Waals surface area contributed by atoms with Crippen LogP contribution in [0, 0.1) is 19.8 Å². The highest BCUT2D eigenvalue weighted by atomic mass is 32.2. The average Bonchev–Trinajstić information content (AvgIpc) is 3.67. The van der Waals surface area contributed by atoms with E-state index in [4.69, 9.17) is 9.29 Å². The number of carbonyl (C=O) groups is 2. The molecule has 10 nitrogen and oxygen atoms in total. The van der Waals surface area contributed by atoms with E-state index < -0.39 is 21.9 Å². The van der Waals surface area contributed by atoms with Gasteiger partial charge in [0.15, 0.2) is 0 Å². The van der Waals surface area contributed by atoms with Gasteiger partial charge in [0.25, 0.3) is 16.0 Å². The molecule has 1 aromatic heterocycles. The summed E-state index contributed by atoms with van der Waals surface area (Å²) in [4.78, 5) is 27.8. The molecule has 3 aromatic carbocycles. The molecule has 234 valence electrons. The predicted octanol–water partition coefficient (Wildman–Crippen LogP) is 5.10. The van der Waals surface area contributed by atoms with Gasteiger partial charge in [0.1, 0.15) is 11.6 Å². The van der Waals surface area contributed by atoms with Crippen molar-refractivity contribution in [3.8, 4) is 16.9 Å². The zero-order valence-electron chi connectivity index (χ0n) is 25.3. The summed E-state index contributed by atoms with van der Waals surface area (Å²) in [6.07, 6.45) is 5.90. The number of aryl methyl sites for hydroxylation is 1. The molecule has 0 spiro atoms. The molecule has 0 saturated heterocycles. The maximum absolute atomic E-state index is 13.5. The Hall–Kier alpha value is -4.48. The van der Waals surface area contributed by atoms with E-state index in [0.29, 0.717) is 37.8 Å². The fraction of sp³-hybridized carbons (Fsp3) is 0.324. The lowest BCUT2D eigenvalue weighted by molar-refractivity contribution is -0.119. The van der Waals surface area contributed by atoms with Gasteiger partial charge in [0.2, 0.25) is 5.91 Å². The minimum absolute atomic E-state index is 0.111. The summed E-state index contributed by atoms with van der Waals surface area (Å²) in [5.74, 6) is 0.406. The topological polar surface area (TPSA) is 131 Å². The number of anilines is 1. The first-order chi connectivity index (χ1) is 21.6. The number of fused-ring (bicyclic) bond motifs is 3. The number of hydrogen-bond donors (Lipinski definition) is 2. The van der Waals surface area contributed by atoms with Crippen molar-refractivity contribution in [2.45, 2.75) is 45.6 Å². The minimum atomic E-state index is -4.32. The Bertz CT molecular complexity index is 1870. The standard InChI is InChI=1S/C34H36N4O6S/c1-22-7-3-12-31(23(22)2)44-14-6-13-32(39)38-20-26-16-29(26)33-28(10-5-11-30(33)38)27-17-36-37(19-27)18-24-8-4-9-25(15-24)34(40)35-21-45(41,42)43/h3-5,7-12,15,17,19,26,29H,6,13-14,16,18,20-21H2,1-2H3,(H,35,40)(H,41,42,43)/t26-,29-/m1/s1. The molecular weight excluding hydrogens is 592 g/mol. The molecule has 6 rings (SSSR count). The number of carbonyl (C=O) groups excluding carboxylic acids is 2. The van der Waals surface area contributed by atoms with E-state index in [9.17, 15) is 18.0 Å². The summed E-state index contributed by atoms with van der Waals surface area (Å²) in [6.45, 7) is 5.73. The Labute approximate surface area is 262 Å². The van der Waals surface area contributed by atoms with Gasteiger partial charge in [-0.05, 0) is 90.6 Å². The Morgan fingerprint density at radius 3 is 2.71 bits per heavy atom. The normalized spacial score (nSPS) is 16.9. The Balaban J connectivity index is 1.13. The van der Waals surface area contributed by atoms with Crippen LogP contribution >= 0.6 is 0 Å². The number of nitrogens with zero attached hydrogens (tertiary/aromatic N) is 3. The van der Waals surface area contributed by atoms with Crippen LogP contribution < -0.4 is 15.0 Å². The van der Waals surface area contributed by atoms with Crippen molar-refractivity contribution in [3.05, 3.63) is 101 Å². The second-order valence-corrected chi connectivity index (χ2v) is 13.3. The number of benzene rings is 3. The Morgan fingerprint density at radius 2 is 1.89 bits per heavy atom. The first kappa shape index (κ1) is 30.5. The average molecular weight is 629 g/mol. The van der Waals surface area contributed by atoms with Gasteiger partial charge in [0, 0.05) is 36.0 Å². The number of ether oxygens (including phenoxy) is 1. The van der Waals surface area contributed by atoms with Crippen LogP contribution in [0.25, 0.3) is 11.1 Å². The first-order valence-electron chi connectivity index (χ1n) is 15.0. The van der Waals surface area contributed by atoms with Gasteiger partial charge in [-0.25, -0.2) is 0 Å². The smallest absolute Gasteiger partial charge is 0.283 e. The second-order valence-electron chi connectivity index (χ2n) is 11.9. The summed E-state index contributed by atoms with van der Waals surface area (Å²) >= 11 is 0. The highest BCUT2D eigenvalue weighted by molar-refractivity contribution is 7.85. The van der Waals surface area contributed by atoms with E-state index in [1.165, 1.54) is 11.1 Å². The van der Waals surface area contributed by atoms with Crippen LogP contribution in [-0.4, -0.2) is 53.6 Å². The molecule has 1 fully saturated rings. The molecule has 0 bridgehead atoms. The van der Waals surface area contributed by atoms with Crippen molar-refractivity contribution in [3.63, 3.8) is 0 Å². The number of amides is 2. The van der Waals surface area contributed by atoms with E-state index in [0.717, 1.165) is 46.7 Å². The van der Waals surface area contributed by atoms with Crippen LogP contribution in [0.4, 0.5) is 5.69 Å². The minimum Gasteiger partial charge on any atom is -0.493 e. The summed E-state index contributed by atoms with van der Waals surface area (Å²) in [5, 5.41) is 6.76. The molecule has 2 N–H and O–H groups in total. The molecule has 0 radical (unpaired) electrons. The third-order valence-corrected chi connectivity index (χ3v) is 9.14. The highest BCUT2D eigenvalue weighted by Crippen LogP contribution is 2.57. The van der Waals surface area contributed by atoms with Crippen LogP contribution in [0.2, 0.25) is 0 Å². The number of rotatable bonds is 11. The van der Waals surface area contributed by atoms with Crippen LogP contribution in [0.15, 0.2) is 73.1 Å². The molecule has 1 aliphatic heterocycles. The Morgan fingerprint density at radius 1 is 1.09 bits per heavy atom. The fourth-order valence-electron chi connectivity index (χ4n) is 6.07. The molecule has 2 amide bonds. The molecule has 2 aliphatic rings. The monoisotopic (exact) mass is 628 g/mol. The van der Waals surface area contributed by atoms with E-state index >= 15 is 0 Å². The SMILES string of the molecule is Cc1cccc(OCCCC(=O)N2C[C@H]3C[C@H]3c3c(-c4cnn(Cc5cccc(C(=O)NCS(=O)(=O)O)c5)c4)cccc32)c1C. The van der Waals surface area contributed by atoms with Crippen LogP contribution in [0.1, 0.15) is 57.8 Å². The van der Waals surface area contributed by atoms with E-state index in [2.05, 4.69) is 29.5 Å². The van der Waals surface area contributed by atoms with E-state index in [-0.39, 0.29) is 11.5 Å². The van der Waals surface area contributed by atoms with Gasteiger partial charge in [-0.2, -0.15) is 13.5 Å². The quantitative estimate of drug-likeness (QED) is 0.175. The van der Waals surface area contributed by atoms with Crippen LogP contribution in [-0.2, 0) is 21.5 Å². The molecule has 0 unspecified atom stereocenters. The number of nitrogens with one attached hydrogen (secondary N) is 1. The van der Waals surface area contributed by atoms with Crippen molar-refractivity contribution >= 4 is 27.6 Å². The zero-order chi connectivity index (χ0) is 31.7. The van der Waals surface area contributed by atoms with Gasteiger partial charge in [0.05, 0.1) is 19.3 Å². The van der Waals surface area contributed by atoms with Crippen molar-refractivity contribution < 1.29 is 27.3 Å². The zero-order valence-corrected chi connectivity index (χ0v) is 26.1. The van der Waals surface area contributed by atoms with Gasteiger partial charge in [-0.15, -0.1) is 0 Å². The van der Waals surface area contributed by atoms with Crippen molar-refractivity contribution in [2.24, 2.45) is 5.92 Å². The largest absolute Gasteiger partial charge is 0.493 e. The van der Waals surface area contributed by atoms with E-state index in [1.54, 1.807) is 22.9 Å². The van der Waals surface area contributed by atoms with Crippen LogP contribution in [0.5, 0.6) is 5.75 Å². The summed E-state index contributed by atoms with van der Waals surface area (Å²) in [6, 6.07) is 18.9. The van der Waals surface area contributed by atoms with Gasteiger partial charge in [-0.3, -0.25) is 18.8 Å². The molecule has 4 aromatic rings. The lowest BCUT2D eigenvalue weighted by atomic mass is 9.92. The Kier molecular flexibility index (Phi) is 8.48. The van der Waals surface area contributed by atoms with Crippen LogP contribution in [0.3, 0.4) is 0 Å². The summed E-state index contributed by atoms with van der Waals surface area (Å²) in [5.41, 5.74) is 7.59. The van der Waals surface area contributed by atoms with Crippen molar-refractivity contribution in [1.29, 1.82) is 0 Å². The molecule has 2 atom stereocenters. The predicted molar refractivity (Wildman–Crippen MR) is 171 cm³/mol. The lowest BCUT2D eigenvalue weighted by Crippen LogP contribution is -2.36. The van der Waals surface area contributed by atoms with Gasteiger partial charge >= 0.3 is 0 Å². The molecule has 1 saturated carbocycles. The van der Waals surface area contributed by atoms with Gasteiger partial charge in [-0.1, -0.05) is 36.4 Å². The maximum atomic E-state index is 13.5. The van der Waals surface area contributed by atoms with Crippen molar-refractivity contribution in [1.82, 2.24) is 15.1 Å². The summed E-state index contributed by atoms with van der Waals surface area (Å²) in [7, 11) is -4.32. The molecule has 45 heavy (non-hydrogen) atoms. The first-order valence-corrected chi connectivity index (χ1v) is 16.7. The lowest BCUT2D eigenvalue weighted by Gasteiger charge is -2.30. The summed E-state index contributed by atoms with van der Waals surface area (Å²) < 4.78 is 38.6. The third kappa shape index (κ3) is 6.94. The van der Waals surface area contributed by atoms with Gasteiger partial charge < -0.3 is 15.0 Å². The molecule has 1 aliphatic carbocycles. The van der Waals surface area contributed by atoms with Crippen molar-refractivity contribution in [2.75, 3.05) is 23.9 Å². The number of hydrogen-bond acceptors (Lipinski definition) is 6. The van der Waals surface area contributed by atoms with E-state index in [1.807, 2.05) is 54.5 Å². The maximum Gasteiger partial charge on any atom is 0.283 e. The molecular formula is C34H36N4O6S. The molecule has 2 heterocycles. The third-order valence-electron chi connectivity index (χ3n) is 8.63. The second kappa shape index (κ2) is 12.5. The highest BCUT2D eigenvalue weighted by Gasteiger charge is 2.47. The number of aromatic nitrogens is 2.